The zero-order valence-corrected chi connectivity index (χ0v) is 39.4. The number of benzene rings is 2. The first-order chi connectivity index (χ1) is 28.9. The molecule has 0 radical (unpaired) electrons. The van der Waals surface area contributed by atoms with Crippen molar-refractivity contribution in [3.05, 3.63) is 76.8 Å². The molecule has 4 heterocycles. The molecular weight excluding hydrogens is 963 g/mol. The van der Waals surface area contributed by atoms with Crippen LogP contribution in [0.15, 0.2) is 71.2 Å². The van der Waals surface area contributed by atoms with Crippen LogP contribution in [0.3, 0.4) is 0 Å². The third-order valence-corrected chi connectivity index (χ3v) is 14.6. The number of alkyl carbamates (subject to hydrolysis) is 1. The normalized spacial score (nSPS) is 24.2. The van der Waals surface area contributed by atoms with Crippen molar-refractivity contribution in [1.82, 2.24) is 20.1 Å². The summed E-state index contributed by atoms with van der Waals surface area (Å²) in [5.74, 6) is -1.39. The van der Waals surface area contributed by atoms with Crippen molar-refractivity contribution in [3.63, 3.8) is 0 Å². The van der Waals surface area contributed by atoms with Crippen LogP contribution in [0.1, 0.15) is 92.6 Å². The average molecular weight is 1020 g/mol. The Bertz CT molecular complexity index is 2140. The number of pyridine rings is 1. The summed E-state index contributed by atoms with van der Waals surface area (Å²) in [4.78, 5) is 78.9. The molecular formula is C45H55BrIN4O10-. The number of nitrogens with zero attached hydrogens (tertiary/aromatic N) is 3. The topological polar surface area (TPSA) is 163 Å². The number of aromatic nitrogens is 1. The van der Waals surface area contributed by atoms with Gasteiger partial charge in [0.25, 0.3) is 0 Å². The van der Waals surface area contributed by atoms with Crippen LogP contribution in [0, 0.1) is 0 Å². The molecule has 1 N–H and O–H groups in total. The Morgan fingerprint density at radius 1 is 0.934 bits per heavy atom. The molecule has 0 bridgehead atoms. The molecule has 0 unspecified atom stereocenters. The molecule has 0 saturated carbocycles. The second-order valence-electron chi connectivity index (χ2n) is 17.2. The number of fused-ring (bicyclic) bond motifs is 3. The van der Waals surface area contributed by atoms with E-state index in [0.717, 1.165) is 28.7 Å². The number of nitrogens with one attached hydrogen (secondary N) is 1. The Hall–Kier alpha value is -4.45. The number of halogens is 2. The number of carbonyl (C=O) groups excluding carboxylic acids is 5. The van der Waals surface area contributed by atoms with Crippen molar-refractivity contribution in [1.29, 1.82) is 0 Å². The molecule has 4 amide bonds. The molecule has 3 aliphatic rings. The van der Waals surface area contributed by atoms with Crippen LogP contribution >= 0.6 is 15.9 Å². The summed E-state index contributed by atoms with van der Waals surface area (Å²) in [5.41, 5.74) is -0.325. The minimum atomic E-state index is -1.60. The Kier molecular flexibility index (Phi) is 14.6. The molecule has 14 nitrogen and oxygen atoms in total. The first-order valence-electron chi connectivity index (χ1n) is 20.7. The summed E-state index contributed by atoms with van der Waals surface area (Å²) >= 11 is 2.52. The van der Waals surface area contributed by atoms with E-state index < -0.39 is 88.0 Å². The minimum absolute atomic E-state index is 0.0315. The van der Waals surface area contributed by atoms with E-state index in [1.54, 1.807) is 48.5 Å². The maximum atomic E-state index is 15.3. The Morgan fingerprint density at radius 3 is 2.34 bits per heavy atom. The molecule has 6 rings (SSSR count). The molecule has 330 valence electrons. The summed E-state index contributed by atoms with van der Waals surface area (Å²) in [6.07, 6.45) is 4.25. The number of amides is 4. The molecule has 16 heteroatoms. The fourth-order valence-corrected chi connectivity index (χ4v) is 11.0. The molecule has 2 saturated heterocycles. The average Bonchev–Trinajstić information content (AvgIpc) is 3.74. The number of imide groups is 1. The number of ether oxygens (including phenoxy) is 5. The van der Waals surface area contributed by atoms with E-state index in [1.165, 1.54) is 4.90 Å². The fraction of sp³-hybridized carbons (Fsp3) is 0.511. The van der Waals surface area contributed by atoms with Crippen LogP contribution < -0.4 is 36.0 Å². The molecule has 0 spiro atoms. The first-order valence-corrected chi connectivity index (χ1v) is 23.8. The number of para-hydroxylation sites is 1. The molecule has 61 heavy (non-hydrogen) atoms. The summed E-state index contributed by atoms with van der Waals surface area (Å²) in [6.45, 7) is 12.1. The molecule has 5 atom stereocenters. The van der Waals surface area contributed by atoms with Gasteiger partial charge in [0.1, 0.15) is 0 Å². The zero-order chi connectivity index (χ0) is 44.1. The summed E-state index contributed by atoms with van der Waals surface area (Å²) in [5, 5.41) is 3.51. The summed E-state index contributed by atoms with van der Waals surface area (Å²) in [7, 11) is 0. The van der Waals surface area contributed by atoms with Gasteiger partial charge in [-0.2, -0.15) is 0 Å². The molecule has 3 aliphatic heterocycles. The van der Waals surface area contributed by atoms with E-state index in [-0.39, 0.29) is 38.5 Å². The van der Waals surface area contributed by atoms with Crippen LogP contribution in [0.2, 0.25) is 0 Å². The van der Waals surface area contributed by atoms with Crippen LogP contribution in [-0.2, 0) is 35.2 Å². The van der Waals surface area contributed by atoms with Gasteiger partial charge in [-0.15, -0.1) is 0 Å². The van der Waals surface area contributed by atoms with Gasteiger partial charge in [0.05, 0.1) is 0 Å². The van der Waals surface area contributed by atoms with E-state index >= 15 is 4.79 Å². The van der Waals surface area contributed by atoms with Crippen molar-refractivity contribution in [3.8, 4) is 11.6 Å². The fourth-order valence-electron chi connectivity index (χ4n) is 7.32. The van der Waals surface area contributed by atoms with Crippen LogP contribution in [-0.4, -0.2) is 94.8 Å². The van der Waals surface area contributed by atoms with Crippen molar-refractivity contribution >= 4 is 56.8 Å². The number of hydrogen-bond donors (Lipinski definition) is 1. The third kappa shape index (κ3) is 11.1. The van der Waals surface area contributed by atoms with Gasteiger partial charge in [-0.3, -0.25) is 0 Å². The molecule has 0 aliphatic carbocycles. The number of alkyl halides is 2. The van der Waals surface area contributed by atoms with E-state index in [4.69, 9.17) is 28.7 Å². The number of allylic oxidation sites excluding steroid dienone is 1. The number of carbonyl (C=O) groups is 5. The zero-order valence-electron chi connectivity index (χ0n) is 35.7. The number of esters is 1. The van der Waals surface area contributed by atoms with Gasteiger partial charge in [0.2, 0.25) is 0 Å². The number of rotatable bonds is 8. The quantitative estimate of drug-likeness (QED) is 0.0822. The van der Waals surface area contributed by atoms with Gasteiger partial charge >= 0.3 is 336 Å². The molecule has 1 aromatic heterocycles. The van der Waals surface area contributed by atoms with E-state index in [9.17, 15) is 19.2 Å². The molecule has 3 aromatic rings. The second kappa shape index (κ2) is 19.3. The summed E-state index contributed by atoms with van der Waals surface area (Å²) in [6, 6.07) is 14.8. The van der Waals surface area contributed by atoms with Crippen molar-refractivity contribution in [2.45, 2.75) is 130 Å². The SMILES string of the molecule is CCOC(=O)[C@@]12[I-][C@H]1/C=C\CCCCC[C@H](NC(=O)OC(C)(C)C)C(=O)N1C[C@H](Oc3nc4ccccc4c(OCc4ccccc4)c3Br)C[C@H]1C(=O)N2C(=O)OC(C)(C)C. The predicted molar refractivity (Wildman–Crippen MR) is 226 cm³/mol. The summed E-state index contributed by atoms with van der Waals surface area (Å²) < 4.78 is 28.4. The predicted octanol–water partition coefficient (Wildman–Crippen LogP) is 4.83. The standard InChI is InChI=1S/C45H55BrIN4O10/c1-8-57-40(54)45-34(47-45)24-16-11-9-10-15-23-32(49-41(55)60-43(2,3)4)38(52)50-26-29(25-33(50)39(53)51(45)42(56)61-44(5,6)7)59-37-35(46)36(30-21-17-18-22-31(30)48-37)58-27-28-19-13-12-14-20-28/h12-14,16-22,24,29,32-34H,8-11,15,23,25-27H2,1-7H3,(H,49,55)/q-1/b24-16-/t29-,32+,33+,34+,45-/m1/s1. The third-order valence-electron chi connectivity index (χ3n) is 10.0. The Morgan fingerprint density at radius 2 is 1.64 bits per heavy atom. The van der Waals surface area contributed by atoms with Gasteiger partial charge in [0, 0.05) is 0 Å². The number of hydrogen-bond acceptors (Lipinski definition) is 11. The van der Waals surface area contributed by atoms with Crippen LogP contribution in [0.25, 0.3) is 10.9 Å². The monoisotopic (exact) mass is 1020 g/mol. The van der Waals surface area contributed by atoms with E-state index in [1.807, 2.05) is 66.7 Å². The molecule has 2 aromatic carbocycles. The van der Waals surface area contributed by atoms with Gasteiger partial charge in [-0.1, -0.05) is 36.4 Å². The van der Waals surface area contributed by atoms with Gasteiger partial charge in [-0.05, 0) is 5.56 Å². The van der Waals surface area contributed by atoms with Gasteiger partial charge < -0.3 is 0 Å². The first kappa shape index (κ1) is 46.1. The van der Waals surface area contributed by atoms with Crippen LogP contribution in [0.5, 0.6) is 11.6 Å². The van der Waals surface area contributed by atoms with Crippen molar-refractivity contribution < 1.29 is 68.9 Å². The van der Waals surface area contributed by atoms with Gasteiger partial charge in [-0.25, -0.2) is 0 Å². The second-order valence-corrected chi connectivity index (χ2v) is 21.6. The van der Waals surface area contributed by atoms with Gasteiger partial charge in [0.15, 0.2) is 0 Å². The van der Waals surface area contributed by atoms with Crippen molar-refractivity contribution in [2.24, 2.45) is 0 Å². The molecule has 2 fully saturated rings. The Balaban J connectivity index is 1.42. The van der Waals surface area contributed by atoms with E-state index in [2.05, 4.69) is 21.2 Å². The van der Waals surface area contributed by atoms with Crippen LogP contribution in [0.4, 0.5) is 9.59 Å². The maximum absolute atomic E-state index is 15.3. The van der Waals surface area contributed by atoms with Crippen molar-refractivity contribution in [2.75, 3.05) is 13.2 Å². The van der Waals surface area contributed by atoms with E-state index in [0.29, 0.717) is 28.6 Å². The Labute approximate surface area is 375 Å².